The number of hydrogen-bond donors (Lipinski definition) is 3. The second-order valence-electron chi connectivity index (χ2n) is 6.03. The zero-order valence-electron chi connectivity index (χ0n) is 13.6. The van der Waals surface area contributed by atoms with E-state index in [9.17, 15) is 26.4 Å². The third-order valence-corrected chi connectivity index (χ3v) is 5.74. The molecular formula is C14H16F3N5O3S. The maximum absolute atomic E-state index is 13.2. The number of hydrogen-bond acceptors (Lipinski definition) is 4. The molecule has 0 spiro atoms. The van der Waals surface area contributed by atoms with Crippen molar-refractivity contribution in [3.05, 3.63) is 34.2 Å². The van der Waals surface area contributed by atoms with Crippen LogP contribution in [0.15, 0.2) is 23.0 Å². The van der Waals surface area contributed by atoms with Gasteiger partial charge in [0.15, 0.2) is 5.82 Å². The number of benzene rings is 1. The minimum atomic E-state index is -4.70. The molecule has 1 saturated heterocycles. The molecule has 0 amide bonds. The Balaban J connectivity index is 2.02. The van der Waals surface area contributed by atoms with E-state index in [1.165, 1.54) is 10.4 Å². The van der Waals surface area contributed by atoms with Crippen molar-refractivity contribution < 1.29 is 21.6 Å². The molecule has 3 rings (SSSR count). The van der Waals surface area contributed by atoms with Crippen LogP contribution in [0.4, 0.5) is 18.9 Å². The molecule has 1 aliphatic heterocycles. The van der Waals surface area contributed by atoms with Crippen molar-refractivity contribution >= 4 is 15.9 Å². The van der Waals surface area contributed by atoms with Gasteiger partial charge in [-0.05, 0) is 38.0 Å². The first-order valence-corrected chi connectivity index (χ1v) is 9.17. The summed E-state index contributed by atoms with van der Waals surface area (Å²) in [5, 5.41) is 5.64. The Morgan fingerprint density at radius 3 is 2.58 bits per heavy atom. The Hall–Kier alpha value is -2.34. The van der Waals surface area contributed by atoms with Gasteiger partial charge in [-0.2, -0.15) is 31.0 Å². The largest absolute Gasteiger partial charge is 0.416 e. The third kappa shape index (κ3) is 3.75. The minimum Gasteiger partial charge on any atom is -0.289 e. The number of nitrogens with one attached hydrogen (secondary N) is 3. The summed E-state index contributed by atoms with van der Waals surface area (Å²) >= 11 is 0. The minimum absolute atomic E-state index is 0.0784. The Morgan fingerprint density at radius 1 is 1.31 bits per heavy atom. The van der Waals surface area contributed by atoms with Gasteiger partial charge in [0.1, 0.15) is 0 Å². The SMILES string of the molecule is CC1CCCN1S(=O)(=O)Nc1cc(-c2n[nH]c(=O)[nH]2)cc(C(F)(F)F)c1. The fourth-order valence-electron chi connectivity index (χ4n) is 2.87. The van der Waals surface area contributed by atoms with Crippen LogP contribution >= 0.6 is 0 Å². The third-order valence-electron chi connectivity index (χ3n) is 4.08. The molecule has 3 N–H and O–H groups in total. The molecule has 1 aromatic carbocycles. The highest BCUT2D eigenvalue weighted by Crippen LogP contribution is 2.34. The molecule has 8 nitrogen and oxygen atoms in total. The van der Waals surface area contributed by atoms with Gasteiger partial charge < -0.3 is 0 Å². The van der Waals surface area contributed by atoms with Crippen LogP contribution in [-0.2, 0) is 16.4 Å². The van der Waals surface area contributed by atoms with E-state index in [0.717, 1.165) is 6.07 Å². The maximum atomic E-state index is 13.2. The van der Waals surface area contributed by atoms with Crippen molar-refractivity contribution in [1.82, 2.24) is 19.5 Å². The highest BCUT2D eigenvalue weighted by molar-refractivity contribution is 7.90. The van der Waals surface area contributed by atoms with Crippen LogP contribution in [0.25, 0.3) is 11.4 Å². The zero-order valence-corrected chi connectivity index (χ0v) is 14.4. The summed E-state index contributed by atoms with van der Waals surface area (Å²) in [5.41, 5.74) is -2.10. The molecule has 0 radical (unpaired) electrons. The van der Waals surface area contributed by atoms with Crippen molar-refractivity contribution in [3.63, 3.8) is 0 Å². The molecule has 1 fully saturated rings. The molecule has 12 heteroatoms. The molecule has 2 heterocycles. The summed E-state index contributed by atoms with van der Waals surface area (Å²) < 4.78 is 67.9. The normalized spacial score (nSPS) is 19.0. The van der Waals surface area contributed by atoms with Crippen LogP contribution < -0.4 is 10.4 Å². The number of halogens is 3. The fourth-order valence-corrected chi connectivity index (χ4v) is 4.35. The average Bonchev–Trinajstić information content (AvgIpc) is 3.14. The molecule has 2 aromatic rings. The number of alkyl halides is 3. The maximum Gasteiger partial charge on any atom is 0.416 e. The van der Waals surface area contributed by atoms with Crippen molar-refractivity contribution in [2.45, 2.75) is 32.0 Å². The van der Waals surface area contributed by atoms with Gasteiger partial charge in [-0.1, -0.05) is 0 Å². The lowest BCUT2D eigenvalue weighted by Crippen LogP contribution is -2.38. The monoisotopic (exact) mass is 391 g/mol. The van der Waals surface area contributed by atoms with E-state index in [0.29, 0.717) is 25.5 Å². The lowest BCUT2D eigenvalue weighted by Gasteiger charge is -2.22. The van der Waals surface area contributed by atoms with Gasteiger partial charge in [-0.3, -0.25) is 9.71 Å². The highest BCUT2D eigenvalue weighted by atomic mass is 32.2. The van der Waals surface area contributed by atoms with E-state index in [1.807, 2.05) is 0 Å². The number of rotatable bonds is 4. The molecule has 142 valence electrons. The molecule has 0 saturated carbocycles. The standard InChI is InChI=1S/C14H16F3N5O3S/c1-8-3-2-4-22(8)26(24,25)21-11-6-9(12-18-13(23)20-19-12)5-10(7-11)14(15,16)17/h5-8,21H,2-4H2,1H3,(H2,18,19,20,23). The van der Waals surface area contributed by atoms with Gasteiger partial charge in [0.05, 0.1) is 11.3 Å². The lowest BCUT2D eigenvalue weighted by molar-refractivity contribution is -0.137. The van der Waals surface area contributed by atoms with Gasteiger partial charge in [0.25, 0.3) is 0 Å². The Morgan fingerprint density at radius 2 is 2.04 bits per heavy atom. The van der Waals surface area contributed by atoms with Crippen LogP contribution in [0.2, 0.25) is 0 Å². The van der Waals surface area contributed by atoms with Crippen LogP contribution in [0, 0.1) is 0 Å². The summed E-state index contributed by atoms with van der Waals surface area (Å²) in [4.78, 5) is 13.4. The fraction of sp³-hybridized carbons (Fsp3) is 0.429. The average molecular weight is 391 g/mol. The topological polar surface area (TPSA) is 111 Å². The molecule has 0 bridgehead atoms. The summed E-state index contributed by atoms with van der Waals surface area (Å²) in [7, 11) is -4.00. The van der Waals surface area contributed by atoms with Crippen LogP contribution in [0.5, 0.6) is 0 Å². The number of H-pyrrole nitrogens is 2. The van der Waals surface area contributed by atoms with E-state index >= 15 is 0 Å². The van der Waals surface area contributed by atoms with Crippen LogP contribution in [0.3, 0.4) is 0 Å². The number of aromatic nitrogens is 3. The molecule has 1 unspecified atom stereocenters. The van der Waals surface area contributed by atoms with Gasteiger partial charge >= 0.3 is 22.1 Å². The summed E-state index contributed by atoms with van der Waals surface area (Å²) in [5.74, 6) is -0.129. The number of nitrogens with zero attached hydrogens (tertiary/aromatic N) is 2. The zero-order chi connectivity index (χ0) is 19.1. The summed E-state index contributed by atoms with van der Waals surface area (Å²) in [6.07, 6.45) is -3.33. The highest BCUT2D eigenvalue weighted by Gasteiger charge is 2.34. The van der Waals surface area contributed by atoms with Crippen molar-refractivity contribution in [1.29, 1.82) is 0 Å². The molecule has 1 atom stereocenters. The Kier molecular flexibility index (Phi) is 4.56. The van der Waals surface area contributed by atoms with Crippen LogP contribution in [0.1, 0.15) is 25.3 Å². The van der Waals surface area contributed by atoms with Gasteiger partial charge in [0, 0.05) is 18.2 Å². The summed E-state index contributed by atoms with van der Waals surface area (Å²) in [6, 6.07) is 2.43. The summed E-state index contributed by atoms with van der Waals surface area (Å²) in [6.45, 7) is 2.03. The van der Waals surface area contributed by atoms with E-state index in [1.54, 1.807) is 6.92 Å². The molecule has 26 heavy (non-hydrogen) atoms. The molecule has 1 aromatic heterocycles. The van der Waals surface area contributed by atoms with Crippen LogP contribution in [-0.4, -0.2) is 40.5 Å². The van der Waals surface area contributed by atoms with Gasteiger partial charge in [0.2, 0.25) is 0 Å². The predicted molar refractivity (Wildman–Crippen MR) is 87.6 cm³/mol. The van der Waals surface area contributed by atoms with Gasteiger partial charge in [-0.25, -0.2) is 9.89 Å². The Labute approximate surface area is 146 Å². The number of aromatic amines is 2. The smallest absolute Gasteiger partial charge is 0.289 e. The molecular weight excluding hydrogens is 375 g/mol. The quantitative estimate of drug-likeness (QED) is 0.739. The van der Waals surface area contributed by atoms with E-state index in [-0.39, 0.29) is 23.1 Å². The first-order valence-electron chi connectivity index (χ1n) is 7.73. The first-order chi connectivity index (χ1) is 12.1. The van der Waals surface area contributed by atoms with E-state index in [2.05, 4.69) is 19.9 Å². The Bertz CT molecular complexity index is 967. The van der Waals surface area contributed by atoms with Gasteiger partial charge in [-0.15, -0.1) is 0 Å². The van der Waals surface area contributed by atoms with E-state index in [4.69, 9.17) is 0 Å². The number of anilines is 1. The van der Waals surface area contributed by atoms with Crippen molar-refractivity contribution in [2.75, 3.05) is 11.3 Å². The predicted octanol–water partition coefficient (Wildman–Crippen LogP) is 1.92. The van der Waals surface area contributed by atoms with Crippen molar-refractivity contribution in [2.24, 2.45) is 0 Å². The lowest BCUT2D eigenvalue weighted by atomic mass is 10.1. The molecule has 1 aliphatic rings. The second kappa shape index (κ2) is 6.43. The molecule has 0 aliphatic carbocycles. The second-order valence-corrected chi connectivity index (χ2v) is 7.66. The first kappa shape index (κ1) is 18.5. The van der Waals surface area contributed by atoms with Crippen molar-refractivity contribution in [3.8, 4) is 11.4 Å². The van der Waals surface area contributed by atoms with E-state index < -0.39 is 27.6 Å².